The largest absolute Gasteiger partial charge is 0.355 e. The molecule has 21 heavy (non-hydrogen) atoms. The molecule has 5 heteroatoms. The number of ether oxygens (including phenoxy) is 3. The first kappa shape index (κ1) is 14.4. The second kappa shape index (κ2) is 4.65. The molecule has 0 radical (unpaired) electrons. The Morgan fingerprint density at radius 2 is 1.86 bits per heavy atom. The van der Waals surface area contributed by atoms with E-state index in [-0.39, 0.29) is 12.2 Å². The Morgan fingerprint density at radius 3 is 2.62 bits per heavy atom. The maximum atomic E-state index is 6.21. The Labute approximate surface area is 126 Å². The Morgan fingerprint density at radius 1 is 1.05 bits per heavy atom. The molecule has 5 aliphatic rings. The van der Waals surface area contributed by atoms with E-state index < -0.39 is 17.7 Å². The summed E-state index contributed by atoms with van der Waals surface area (Å²) in [5.74, 6) is 0.953. The van der Waals surface area contributed by atoms with Gasteiger partial charge in [0.25, 0.3) is 0 Å². The van der Waals surface area contributed by atoms with Gasteiger partial charge in [-0.15, -0.1) is 0 Å². The lowest BCUT2D eigenvalue weighted by Crippen LogP contribution is -2.70. The van der Waals surface area contributed by atoms with Gasteiger partial charge in [0.1, 0.15) is 0 Å². The van der Waals surface area contributed by atoms with Crippen LogP contribution in [-0.2, 0) is 24.0 Å². The third-order valence-corrected chi connectivity index (χ3v) is 6.33. The van der Waals surface area contributed by atoms with Gasteiger partial charge in [-0.2, -0.15) is 0 Å². The van der Waals surface area contributed by atoms with Gasteiger partial charge in [0.05, 0.1) is 0 Å². The maximum Gasteiger partial charge on any atom is 0.201 e. The van der Waals surface area contributed by atoms with E-state index >= 15 is 0 Å². The molecule has 1 saturated carbocycles. The lowest BCUT2D eigenvalue weighted by atomic mass is 9.58. The molecule has 4 heterocycles. The SMILES string of the molecule is CO[C@@H]1O[C@@H]2O[C@]3(C)CCC4[C@H](C)CC[C@H]([C@H]1C)C42OO3. The van der Waals surface area contributed by atoms with Crippen molar-refractivity contribution >= 4 is 0 Å². The van der Waals surface area contributed by atoms with Gasteiger partial charge in [-0.05, 0) is 38.0 Å². The van der Waals surface area contributed by atoms with Crippen molar-refractivity contribution in [2.24, 2.45) is 23.7 Å². The molecule has 2 bridgehead atoms. The van der Waals surface area contributed by atoms with Crippen LogP contribution < -0.4 is 0 Å². The van der Waals surface area contributed by atoms with Crippen molar-refractivity contribution < 1.29 is 24.0 Å². The van der Waals surface area contributed by atoms with Gasteiger partial charge >= 0.3 is 0 Å². The summed E-state index contributed by atoms with van der Waals surface area (Å²) in [6.07, 6.45) is 3.64. The molecule has 0 aromatic carbocycles. The lowest BCUT2D eigenvalue weighted by molar-refractivity contribution is -0.577. The molecule has 5 nitrogen and oxygen atoms in total. The van der Waals surface area contributed by atoms with Crippen molar-refractivity contribution in [2.75, 3.05) is 7.11 Å². The third-order valence-electron chi connectivity index (χ3n) is 6.33. The number of fused-ring (bicyclic) bond motifs is 2. The van der Waals surface area contributed by atoms with Crippen LogP contribution in [0.15, 0.2) is 0 Å². The monoisotopic (exact) mass is 298 g/mol. The summed E-state index contributed by atoms with van der Waals surface area (Å²) in [6.45, 7) is 6.46. The summed E-state index contributed by atoms with van der Waals surface area (Å²) >= 11 is 0. The van der Waals surface area contributed by atoms with Crippen LogP contribution in [0.2, 0.25) is 0 Å². The van der Waals surface area contributed by atoms with E-state index in [1.54, 1.807) is 7.11 Å². The minimum Gasteiger partial charge on any atom is -0.355 e. The minimum absolute atomic E-state index is 0.230. The number of rotatable bonds is 1. The average molecular weight is 298 g/mol. The van der Waals surface area contributed by atoms with E-state index in [0.29, 0.717) is 17.8 Å². The van der Waals surface area contributed by atoms with Crippen LogP contribution in [0.1, 0.15) is 46.5 Å². The van der Waals surface area contributed by atoms with Crippen LogP contribution in [0.4, 0.5) is 0 Å². The zero-order valence-corrected chi connectivity index (χ0v) is 13.3. The molecular formula is C16H26O5. The zero-order valence-electron chi connectivity index (χ0n) is 13.3. The molecular weight excluding hydrogens is 272 g/mol. The maximum absolute atomic E-state index is 6.21. The van der Waals surface area contributed by atoms with Crippen molar-refractivity contribution in [2.45, 2.75) is 70.4 Å². The molecule has 0 N–H and O–H groups in total. The minimum atomic E-state index is -0.698. The normalized spacial score (nSPS) is 59.4. The second-order valence-electron chi connectivity index (χ2n) is 7.51. The van der Waals surface area contributed by atoms with E-state index in [1.807, 2.05) is 6.92 Å². The second-order valence-corrected chi connectivity index (χ2v) is 7.51. The fourth-order valence-electron chi connectivity index (χ4n) is 5.14. The zero-order chi connectivity index (χ0) is 14.8. The first-order valence-electron chi connectivity index (χ1n) is 8.23. The molecule has 4 aliphatic heterocycles. The molecule has 2 unspecified atom stereocenters. The molecule has 8 atom stereocenters. The fourth-order valence-corrected chi connectivity index (χ4v) is 5.14. The quantitative estimate of drug-likeness (QED) is 0.697. The van der Waals surface area contributed by atoms with Crippen LogP contribution in [0.5, 0.6) is 0 Å². The highest BCUT2D eigenvalue weighted by atomic mass is 17.3. The Balaban J connectivity index is 1.79. The average Bonchev–Trinajstić information content (AvgIpc) is 2.69. The Kier molecular flexibility index (Phi) is 3.19. The molecule has 120 valence electrons. The van der Waals surface area contributed by atoms with Gasteiger partial charge in [-0.25, -0.2) is 9.78 Å². The Hall–Kier alpha value is -0.200. The standard InChI is InChI=1S/C16H26O5/c1-9-5-6-12-10(2)13(17-4)18-14-16(12)11(9)7-8-15(3,19-14)20-21-16/h9-14H,5-8H2,1-4H3/t9-,10-,11?,12-,13-,14-,15+,16?/m1/s1. The molecule has 5 rings (SSSR count). The van der Waals surface area contributed by atoms with Crippen LogP contribution >= 0.6 is 0 Å². The topological polar surface area (TPSA) is 46.2 Å². The summed E-state index contributed by atoms with van der Waals surface area (Å²) in [6, 6.07) is 0. The Bertz CT molecular complexity index is 429. The van der Waals surface area contributed by atoms with Crippen molar-refractivity contribution in [1.82, 2.24) is 0 Å². The van der Waals surface area contributed by atoms with E-state index in [9.17, 15) is 0 Å². The number of methoxy groups -OCH3 is 1. The van der Waals surface area contributed by atoms with E-state index in [0.717, 1.165) is 19.3 Å². The van der Waals surface area contributed by atoms with Gasteiger partial charge in [0.2, 0.25) is 5.79 Å². The number of hydrogen-bond acceptors (Lipinski definition) is 5. The van der Waals surface area contributed by atoms with Crippen LogP contribution in [0.25, 0.3) is 0 Å². The lowest BCUT2D eigenvalue weighted by Gasteiger charge is -2.60. The van der Waals surface area contributed by atoms with Crippen LogP contribution in [0, 0.1) is 23.7 Å². The van der Waals surface area contributed by atoms with E-state index in [4.69, 9.17) is 24.0 Å². The van der Waals surface area contributed by atoms with Gasteiger partial charge in [-0.3, -0.25) is 0 Å². The fraction of sp³-hybridized carbons (Fsp3) is 1.00. The molecule has 0 aromatic heterocycles. The first-order chi connectivity index (χ1) is 10.00. The van der Waals surface area contributed by atoms with Crippen LogP contribution in [-0.4, -0.2) is 31.1 Å². The molecule has 1 aliphatic carbocycles. The predicted molar refractivity (Wildman–Crippen MR) is 73.8 cm³/mol. The van der Waals surface area contributed by atoms with Crippen LogP contribution in [0.3, 0.4) is 0 Å². The predicted octanol–water partition coefficient (Wildman–Crippen LogP) is 2.84. The van der Waals surface area contributed by atoms with E-state index in [2.05, 4.69) is 13.8 Å². The van der Waals surface area contributed by atoms with Crippen molar-refractivity contribution in [3.8, 4) is 0 Å². The van der Waals surface area contributed by atoms with Crippen molar-refractivity contribution in [1.29, 1.82) is 0 Å². The number of hydrogen-bond donors (Lipinski definition) is 0. The summed E-state index contributed by atoms with van der Waals surface area (Å²) in [7, 11) is 1.70. The summed E-state index contributed by atoms with van der Waals surface area (Å²) < 4.78 is 17.9. The van der Waals surface area contributed by atoms with Gasteiger partial charge < -0.3 is 14.2 Å². The molecule has 1 spiro atoms. The third kappa shape index (κ3) is 1.81. The van der Waals surface area contributed by atoms with Gasteiger partial charge in [0.15, 0.2) is 18.2 Å². The molecule has 5 fully saturated rings. The van der Waals surface area contributed by atoms with Gasteiger partial charge in [0, 0.05) is 25.4 Å². The van der Waals surface area contributed by atoms with Crippen molar-refractivity contribution in [3.63, 3.8) is 0 Å². The highest BCUT2D eigenvalue weighted by Gasteiger charge is 2.69. The molecule has 4 saturated heterocycles. The summed E-state index contributed by atoms with van der Waals surface area (Å²) in [4.78, 5) is 11.8. The van der Waals surface area contributed by atoms with Crippen molar-refractivity contribution in [3.05, 3.63) is 0 Å². The van der Waals surface area contributed by atoms with E-state index in [1.165, 1.54) is 6.42 Å². The smallest absolute Gasteiger partial charge is 0.201 e. The summed E-state index contributed by atoms with van der Waals surface area (Å²) in [5.41, 5.74) is -0.470. The highest BCUT2D eigenvalue weighted by molar-refractivity contribution is 5.08. The van der Waals surface area contributed by atoms with Gasteiger partial charge in [-0.1, -0.05) is 13.8 Å². The molecule has 0 aromatic rings. The highest BCUT2D eigenvalue weighted by Crippen LogP contribution is 2.60. The molecule has 0 amide bonds. The first-order valence-corrected chi connectivity index (χ1v) is 8.23. The summed E-state index contributed by atoms with van der Waals surface area (Å²) in [5, 5.41) is 0.